The Morgan fingerprint density at radius 1 is 0.964 bits per heavy atom. The van der Waals surface area contributed by atoms with Gasteiger partial charge in [-0.15, -0.1) is 0 Å². The zero-order chi connectivity index (χ0) is 20.1. The minimum absolute atomic E-state index is 0.0148. The van der Waals surface area contributed by atoms with Crippen LogP contribution in [0.4, 0.5) is 28.9 Å². The Morgan fingerprint density at radius 2 is 1.68 bits per heavy atom. The van der Waals surface area contributed by atoms with Crippen molar-refractivity contribution in [3.63, 3.8) is 0 Å². The second-order valence-electron chi connectivity index (χ2n) is 6.03. The van der Waals surface area contributed by atoms with Crippen LogP contribution in [0.2, 0.25) is 5.02 Å². The predicted octanol–water partition coefficient (Wildman–Crippen LogP) is 6.61. The molecule has 0 aliphatic carbocycles. The van der Waals surface area contributed by atoms with Gasteiger partial charge in [0.25, 0.3) is 0 Å². The molecule has 3 rings (SSSR count). The average molecular weight is 410 g/mol. The third kappa shape index (κ3) is 5.36. The normalized spacial score (nSPS) is 14.6. The van der Waals surface area contributed by atoms with E-state index < -0.39 is 17.6 Å². The van der Waals surface area contributed by atoms with Crippen LogP contribution in [0.15, 0.2) is 71.5 Å². The first kappa shape index (κ1) is 19.9. The molecule has 2 aromatic rings. The molecule has 0 spiro atoms. The summed E-state index contributed by atoms with van der Waals surface area (Å²) in [6, 6.07) is 8.96. The van der Waals surface area contributed by atoms with Gasteiger partial charge in [0, 0.05) is 17.8 Å². The summed E-state index contributed by atoms with van der Waals surface area (Å²) in [5, 5.41) is 6.07. The molecule has 0 radical (unpaired) electrons. The van der Waals surface area contributed by atoms with E-state index in [1.54, 1.807) is 6.08 Å². The maximum atomic E-state index is 13.3. The smallest absolute Gasteiger partial charge is 0.344 e. The van der Waals surface area contributed by atoms with Crippen LogP contribution in [0, 0.1) is 5.82 Å². The number of allylic oxidation sites excluding steroid dienone is 3. The van der Waals surface area contributed by atoms with Crippen molar-refractivity contribution in [2.24, 2.45) is 4.99 Å². The minimum atomic E-state index is -4.38. The van der Waals surface area contributed by atoms with E-state index in [-0.39, 0.29) is 5.02 Å². The number of nitrogens with zero attached hydrogens (tertiary/aromatic N) is 1. The largest absolute Gasteiger partial charge is 0.416 e. The fraction of sp³-hybridized carbons (Fsp3) is 0.150. The van der Waals surface area contributed by atoms with Gasteiger partial charge in [-0.25, -0.2) is 9.38 Å². The molecule has 0 saturated carbocycles. The lowest BCUT2D eigenvalue weighted by atomic mass is 10.2. The Hall–Kier alpha value is -2.80. The Balaban J connectivity index is 1.78. The van der Waals surface area contributed by atoms with Gasteiger partial charge in [-0.2, -0.15) is 13.2 Å². The fourth-order valence-electron chi connectivity index (χ4n) is 2.51. The van der Waals surface area contributed by atoms with Crippen LogP contribution in [0.25, 0.3) is 0 Å². The summed E-state index contributed by atoms with van der Waals surface area (Å²) in [7, 11) is 0. The fourth-order valence-corrected chi connectivity index (χ4v) is 2.69. The van der Waals surface area contributed by atoms with Crippen molar-refractivity contribution < 1.29 is 17.6 Å². The van der Waals surface area contributed by atoms with Crippen molar-refractivity contribution in [3.05, 3.63) is 82.9 Å². The van der Waals surface area contributed by atoms with Crippen molar-refractivity contribution in [2.45, 2.75) is 19.0 Å². The standard InChI is InChI=1S/C20H16ClF4N3/c21-16-12-15(10-11-17(16)22)27-19-5-3-1-2-4-18(28-19)26-14-8-6-13(7-9-14)20(23,24)25/h1,3,5-12,27H,2,4H2,(H,26,28). The van der Waals surface area contributed by atoms with Crippen molar-refractivity contribution >= 4 is 28.8 Å². The number of anilines is 2. The summed E-state index contributed by atoms with van der Waals surface area (Å²) in [4.78, 5) is 4.49. The van der Waals surface area contributed by atoms with Crippen LogP contribution < -0.4 is 10.6 Å². The van der Waals surface area contributed by atoms with E-state index >= 15 is 0 Å². The Labute approximate surface area is 164 Å². The van der Waals surface area contributed by atoms with Crippen LogP contribution in [0.1, 0.15) is 18.4 Å². The number of nitrogens with one attached hydrogen (secondary N) is 2. The second-order valence-corrected chi connectivity index (χ2v) is 6.44. The Morgan fingerprint density at radius 3 is 2.36 bits per heavy atom. The lowest BCUT2D eigenvalue weighted by Crippen LogP contribution is -2.14. The van der Waals surface area contributed by atoms with Crippen LogP contribution in [-0.2, 0) is 6.18 Å². The first-order valence-corrected chi connectivity index (χ1v) is 8.80. The Kier molecular flexibility index (Phi) is 6.04. The molecule has 3 nitrogen and oxygen atoms in total. The molecule has 1 aliphatic heterocycles. The van der Waals surface area contributed by atoms with Crippen LogP contribution in [-0.4, -0.2) is 5.84 Å². The quantitative estimate of drug-likeness (QED) is 0.559. The molecule has 0 unspecified atom stereocenters. The highest BCUT2D eigenvalue weighted by molar-refractivity contribution is 6.31. The highest BCUT2D eigenvalue weighted by Crippen LogP contribution is 2.30. The first-order valence-electron chi connectivity index (χ1n) is 8.42. The summed E-state index contributed by atoms with van der Waals surface area (Å²) in [5.74, 6) is 0.538. The van der Waals surface area contributed by atoms with E-state index in [2.05, 4.69) is 15.6 Å². The van der Waals surface area contributed by atoms with Gasteiger partial charge in [0.15, 0.2) is 0 Å². The molecule has 28 heavy (non-hydrogen) atoms. The van der Waals surface area contributed by atoms with Crippen molar-refractivity contribution in [3.8, 4) is 0 Å². The third-order valence-corrected chi connectivity index (χ3v) is 4.18. The molecule has 0 atom stereocenters. The molecule has 0 amide bonds. The average Bonchev–Trinajstić information content (AvgIpc) is 2.61. The number of aliphatic imine (C=N–C) groups is 1. The summed E-state index contributed by atoms with van der Waals surface area (Å²) < 4.78 is 51.4. The van der Waals surface area contributed by atoms with Gasteiger partial charge in [0.2, 0.25) is 0 Å². The van der Waals surface area contributed by atoms with E-state index in [1.165, 1.54) is 30.3 Å². The topological polar surface area (TPSA) is 36.4 Å². The molecule has 0 fully saturated rings. The number of hydrogen-bond acceptors (Lipinski definition) is 3. The van der Waals surface area contributed by atoms with Crippen LogP contribution in [0.3, 0.4) is 0 Å². The monoisotopic (exact) mass is 409 g/mol. The first-order chi connectivity index (χ1) is 13.3. The Bertz CT molecular complexity index is 931. The summed E-state index contributed by atoms with van der Waals surface area (Å²) >= 11 is 5.79. The van der Waals surface area contributed by atoms with E-state index in [1.807, 2.05) is 12.2 Å². The number of halogens is 5. The number of amidine groups is 1. The molecule has 8 heteroatoms. The SMILES string of the molecule is Fc1ccc(NC2=CC=CCCC(Nc3ccc(C(F)(F)F)cc3)=N2)cc1Cl. The molecule has 146 valence electrons. The molecule has 1 aliphatic rings. The minimum Gasteiger partial charge on any atom is -0.344 e. The molecule has 0 aromatic heterocycles. The number of rotatable bonds is 3. The van der Waals surface area contributed by atoms with Gasteiger partial charge >= 0.3 is 6.18 Å². The van der Waals surface area contributed by atoms with Gasteiger partial charge in [-0.3, -0.25) is 0 Å². The number of alkyl halides is 3. The maximum absolute atomic E-state index is 13.3. The lowest BCUT2D eigenvalue weighted by Gasteiger charge is -2.14. The zero-order valence-electron chi connectivity index (χ0n) is 14.5. The molecule has 2 aromatic carbocycles. The number of hydrogen-bond donors (Lipinski definition) is 2. The van der Waals surface area contributed by atoms with Crippen LogP contribution in [0.5, 0.6) is 0 Å². The third-order valence-electron chi connectivity index (χ3n) is 3.89. The summed E-state index contributed by atoms with van der Waals surface area (Å²) in [5.41, 5.74) is 0.348. The highest BCUT2D eigenvalue weighted by atomic mass is 35.5. The van der Waals surface area contributed by atoms with Gasteiger partial charge < -0.3 is 10.6 Å². The molecule has 0 saturated heterocycles. The molecular weight excluding hydrogens is 394 g/mol. The maximum Gasteiger partial charge on any atom is 0.416 e. The second kappa shape index (κ2) is 8.48. The van der Waals surface area contributed by atoms with E-state index in [4.69, 9.17) is 11.6 Å². The molecule has 0 bridgehead atoms. The van der Waals surface area contributed by atoms with Crippen molar-refractivity contribution in [1.82, 2.24) is 0 Å². The van der Waals surface area contributed by atoms with Gasteiger partial charge in [0.1, 0.15) is 17.5 Å². The van der Waals surface area contributed by atoms with Gasteiger partial charge in [0.05, 0.1) is 10.6 Å². The molecular formula is C20H16ClF4N3. The molecule has 2 N–H and O–H groups in total. The van der Waals surface area contributed by atoms with E-state index in [0.717, 1.165) is 18.6 Å². The van der Waals surface area contributed by atoms with Crippen molar-refractivity contribution in [1.29, 1.82) is 0 Å². The van der Waals surface area contributed by atoms with Crippen molar-refractivity contribution in [2.75, 3.05) is 10.6 Å². The molecule has 1 heterocycles. The van der Waals surface area contributed by atoms with E-state index in [0.29, 0.717) is 29.5 Å². The van der Waals surface area contributed by atoms with E-state index in [9.17, 15) is 17.6 Å². The zero-order valence-corrected chi connectivity index (χ0v) is 15.3. The number of benzene rings is 2. The summed E-state index contributed by atoms with van der Waals surface area (Å²) in [6.07, 6.45) is 2.44. The van der Waals surface area contributed by atoms with Crippen LogP contribution >= 0.6 is 11.6 Å². The van der Waals surface area contributed by atoms with Gasteiger partial charge in [-0.05, 0) is 55.0 Å². The lowest BCUT2D eigenvalue weighted by molar-refractivity contribution is -0.137. The van der Waals surface area contributed by atoms with Gasteiger partial charge in [-0.1, -0.05) is 23.8 Å². The highest BCUT2D eigenvalue weighted by Gasteiger charge is 2.29. The predicted molar refractivity (Wildman–Crippen MR) is 104 cm³/mol. The summed E-state index contributed by atoms with van der Waals surface area (Å²) in [6.45, 7) is 0.